The molecule has 3 aromatic carbocycles. The zero-order chi connectivity index (χ0) is 22.0. The standard InChI is InChI=1S/C24H21BrN2O4/c25-20-11-14(9-10-21(20)26)12-22(23(28)29)27-24(30)31-13-19-17-7-3-1-5-15(17)16-6-2-4-8-18(16)19/h1-11,19,22H,12-13,26H2,(H,27,30)(H,28,29)/t22-/m1/s1. The van der Waals surface area contributed by atoms with Crippen molar-refractivity contribution in [3.8, 4) is 11.1 Å². The van der Waals surface area contributed by atoms with Crippen molar-refractivity contribution >= 4 is 33.7 Å². The highest BCUT2D eigenvalue weighted by Gasteiger charge is 2.29. The van der Waals surface area contributed by atoms with Crippen molar-refractivity contribution in [2.24, 2.45) is 0 Å². The smallest absolute Gasteiger partial charge is 0.407 e. The summed E-state index contributed by atoms with van der Waals surface area (Å²) in [5, 5.41) is 12.0. The van der Waals surface area contributed by atoms with Crippen LogP contribution in [0.15, 0.2) is 71.2 Å². The molecule has 1 atom stereocenters. The number of carboxylic acids is 1. The Morgan fingerprint density at radius 2 is 1.65 bits per heavy atom. The molecule has 0 aromatic heterocycles. The van der Waals surface area contributed by atoms with E-state index in [1.54, 1.807) is 18.2 Å². The number of halogens is 1. The number of nitrogens with one attached hydrogen (secondary N) is 1. The summed E-state index contributed by atoms with van der Waals surface area (Å²) in [5.41, 5.74) is 11.5. The number of amides is 1. The van der Waals surface area contributed by atoms with Crippen LogP contribution in [0.2, 0.25) is 0 Å². The maximum absolute atomic E-state index is 12.4. The topological polar surface area (TPSA) is 102 Å². The second-order valence-electron chi connectivity index (χ2n) is 7.42. The van der Waals surface area contributed by atoms with Gasteiger partial charge >= 0.3 is 12.1 Å². The minimum absolute atomic E-state index is 0.0884. The fourth-order valence-electron chi connectivity index (χ4n) is 3.92. The van der Waals surface area contributed by atoms with E-state index in [0.717, 1.165) is 27.8 Å². The van der Waals surface area contributed by atoms with E-state index in [-0.39, 0.29) is 18.9 Å². The van der Waals surface area contributed by atoms with Gasteiger partial charge in [0.15, 0.2) is 0 Å². The van der Waals surface area contributed by atoms with Crippen molar-refractivity contribution < 1.29 is 19.4 Å². The Morgan fingerprint density at radius 1 is 1.03 bits per heavy atom. The van der Waals surface area contributed by atoms with Gasteiger partial charge in [-0.05, 0) is 55.9 Å². The number of nitrogen functional groups attached to an aromatic ring is 1. The maximum atomic E-state index is 12.4. The Kier molecular flexibility index (Phi) is 5.95. The molecule has 0 spiro atoms. The van der Waals surface area contributed by atoms with Crippen LogP contribution in [0.1, 0.15) is 22.6 Å². The van der Waals surface area contributed by atoms with Gasteiger partial charge < -0.3 is 20.9 Å². The molecule has 1 aliphatic carbocycles. The minimum Gasteiger partial charge on any atom is -0.480 e. The quantitative estimate of drug-likeness (QED) is 0.448. The van der Waals surface area contributed by atoms with Crippen molar-refractivity contribution in [1.29, 1.82) is 0 Å². The van der Waals surface area contributed by atoms with E-state index >= 15 is 0 Å². The maximum Gasteiger partial charge on any atom is 0.407 e. The molecule has 158 valence electrons. The Labute approximate surface area is 188 Å². The van der Waals surface area contributed by atoms with Crippen molar-refractivity contribution in [3.05, 3.63) is 87.9 Å². The average Bonchev–Trinajstić information content (AvgIpc) is 3.08. The molecule has 31 heavy (non-hydrogen) atoms. The van der Waals surface area contributed by atoms with Crippen LogP contribution in [0.25, 0.3) is 11.1 Å². The van der Waals surface area contributed by atoms with Gasteiger partial charge in [0.05, 0.1) is 0 Å². The van der Waals surface area contributed by atoms with Gasteiger partial charge in [-0.15, -0.1) is 0 Å². The van der Waals surface area contributed by atoms with Crippen LogP contribution in [0, 0.1) is 0 Å². The zero-order valence-corrected chi connectivity index (χ0v) is 18.1. The van der Waals surface area contributed by atoms with Crippen LogP contribution < -0.4 is 11.1 Å². The van der Waals surface area contributed by atoms with E-state index in [2.05, 4.69) is 33.4 Å². The molecule has 0 saturated carbocycles. The van der Waals surface area contributed by atoms with E-state index in [0.29, 0.717) is 10.2 Å². The molecule has 1 aliphatic rings. The lowest BCUT2D eigenvalue weighted by molar-refractivity contribution is -0.139. The van der Waals surface area contributed by atoms with Crippen LogP contribution >= 0.6 is 15.9 Å². The summed E-state index contributed by atoms with van der Waals surface area (Å²) in [4.78, 5) is 24.1. The fourth-order valence-corrected chi connectivity index (χ4v) is 4.34. The molecular weight excluding hydrogens is 460 g/mol. The van der Waals surface area contributed by atoms with E-state index < -0.39 is 18.1 Å². The zero-order valence-electron chi connectivity index (χ0n) is 16.5. The number of carbonyl (C=O) groups excluding carboxylic acids is 1. The van der Waals surface area contributed by atoms with E-state index in [1.165, 1.54) is 0 Å². The summed E-state index contributed by atoms with van der Waals surface area (Å²) in [6.07, 6.45) is -0.651. The number of aliphatic carboxylic acids is 1. The van der Waals surface area contributed by atoms with Crippen LogP contribution in [0.3, 0.4) is 0 Å². The number of nitrogens with two attached hydrogens (primary N) is 1. The number of rotatable bonds is 6. The largest absolute Gasteiger partial charge is 0.480 e. The number of hydrogen-bond acceptors (Lipinski definition) is 4. The van der Waals surface area contributed by atoms with Crippen molar-refractivity contribution in [2.75, 3.05) is 12.3 Å². The Morgan fingerprint density at radius 3 is 2.23 bits per heavy atom. The van der Waals surface area contributed by atoms with Crippen LogP contribution in [0.5, 0.6) is 0 Å². The summed E-state index contributed by atoms with van der Waals surface area (Å²) in [5.74, 6) is -1.23. The lowest BCUT2D eigenvalue weighted by atomic mass is 9.98. The second kappa shape index (κ2) is 8.81. The first-order chi connectivity index (χ1) is 14.9. The molecule has 3 aromatic rings. The first-order valence-electron chi connectivity index (χ1n) is 9.82. The first-order valence-corrected chi connectivity index (χ1v) is 10.6. The molecule has 0 unspecified atom stereocenters. The van der Waals surface area contributed by atoms with E-state index in [4.69, 9.17) is 10.5 Å². The number of anilines is 1. The van der Waals surface area contributed by atoms with Gasteiger partial charge in [-0.3, -0.25) is 0 Å². The SMILES string of the molecule is Nc1ccc(C[C@@H](NC(=O)OCC2c3ccccc3-c3ccccc32)C(=O)O)cc1Br. The summed E-state index contributed by atoms with van der Waals surface area (Å²) < 4.78 is 6.13. The van der Waals surface area contributed by atoms with Crippen LogP contribution in [-0.2, 0) is 16.0 Å². The molecule has 0 aliphatic heterocycles. The fraction of sp³-hybridized carbons (Fsp3) is 0.167. The lowest BCUT2D eigenvalue weighted by Gasteiger charge is -2.18. The third kappa shape index (κ3) is 4.41. The van der Waals surface area contributed by atoms with E-state index in [1.807, 2.05) is 36.4 Å². The summed E-state index contributed by atoms with van der Waals surface area (Å²) in [7, 11) is 0. The predicted molar refractivity (Wildman–Crippen MR) is 122 cm³/mol. The molecule has 0 saturated heterocycles. The number of fused-ring (bicyclic) bond motifs is 3. The lowest BCUT2D eigenvalue weighted by Crippen LogP contribution is -2.42. The Hall–Kier alpha value is -3.32. The summed E-state index contributed by atoms with van der Waals surface area (Å²) in [6.45, 7) is 0.125. The molecule has 0 fully saturated rings. The molecule has 0 bridgehead atoms. The molecule has 6 nitrogen and oxygen atoms in total. The van der Waals surface area contributed by atoms with Gasteiger partial charge in [0.2, 0.25) is 0 Å². The summed E-state index contributed by atoms with van der Waals surface area (Å²) >= 11 is 3.33. The number of carbonyl (C=O) groups is 2. The Balaban J connectivity index is 1.43. The Bertz CT molecular complexity index is 1100. The van der Waals surface area contributed by atoms with E-state index in [9.17, 15) is 14.7 Å². The van der Waals surface area contributed by atoms with Gasteiger partial charge in [0, 0.05) is 22.5 Å². The van der Waals surface area contributed by atoms with Crippen LogP contribution in [-0.4, -0.2) is 29.8 Å². The molecule has 4 N–H and O–H groups in total. The molecule has 1 amide bonds. The molecular formula is C24H21BrN2O4. The van der Waals surface area contributed by atoms with Crippen molar-refractivity contribution in [2.45, 2.75) is 18.4 Å². The minimum atomic E-state index is -1.14. The third-order valence-corrected chi connectivity index (χ3v) is 6.13. The van der Waals surface area contributed by atoms with Gasteiger partial charge in [-0.25, -0.2) is 9.59 Å². The summed E-state index contributed by atoms with van der Waals surface area (Å²) in [6, 6.07) is 20.1. The third-order valence-electron chi connectivity index (χ3n) is 5.44. The monoisotopic (exact) mass is 480 g/mol. The van der Waals surface area contributed by atoms with Gasteiger partial charge in [-0.2, -0.15) is 0 Å². The predicted octanol–water partition coefficient (Wildman–Crippen LogP) is 4.57. The van der Waals surface area contributed by atoms with Gasteiger partial charge in [-0.1, -0.05) is 54.6 Å². The number of hydrogen-bond donors (Lipinski definition) is 3. The van der Waals surface area contributed by atoms with Crippen molar-refractivity contribution in [3.63, 3.8) is 0 Å². The number of carboxylic acid groups (broad SMARTS) is 1. The number of benzene rings is 3. The highest BCUT2D eigenvalue weighted by Crippen LogP contribution is 2.44. The molecule has 0 radical (unpaired) electrons. The van der Waals surface area contributed by atoms with Gasteiger partial charge in [0.1, 0.15) is 12.6 Å². The van der Waals surface area contributed by atoms with Crippen LogP contribution in [0.4, 0.5) is 10.5 Å². The first kappa shape index (κ1) is 20.9. The molecule has 7 heteroatoms. The molecule has 0 heterocycles. The average molecular weight is 481 g/mol. The molecule has 4 rings (SSSR count). The second-order valence-corrected chi connectivity index (χ2v) is 8.28. The highest BCUT2D eigenvalue weighted by atomic mass is 79.9. The number of alkyl carbamates (subject to hydrolysis) is 1. The highest BCUT2D eigenvalue weighted by molar-refractivity contribution is 9.10. The van der Waals surface area contributed by atoms with Gasteiger partial charge in [0.25, 0.3) is 0 Å². The normalized spacial score (nSPS) is 13.2. The number of ether oxygens (including phenoxy) is 1. The van der Waals surface area contributed by atoms with Crippen molar-refractivity contribution in [1.82, 2.24) is 5.32 Å².